The van der Waals surface area contributed by atoms with Crippen molar-refractivity contribution in [3.8, 4) is 5.75 Å². The normalized spacial score (nSPS) is 12.1. The molecule has 6 heteroatoms. The predicted octanol–water partition coefficient (Wildman–Crippen LogP) is 5.10. The van der Waals surface area contributed by atoms with Gasteiger partial charge in [0.05, 0.1) is 17.6 Å². The Bertz CT molecular complexity index is 998. The van der Waals surface area contributed by atoms with E-state index in [1.54, 1.807) is 0 Å². The Balaban J connectivity index is 1.52. The molecule has 0 aliphatic rings. The molecule has 0 bridgehead atoms. The molecule has 1 N–H and O–H groups in total. The summed E-state index contributed by atoms with van der Waals surface area (Å²) in [7, 11) is 1.53. The van der Waals surface area contributed by atoms with Gasteiger partial charge in [-0.1, -0.05) is 44.5 Å². The lowest BCUT2D eigenvalue weighted by Gasteiger charge is -2.13. The second kappa shape index (κ2) is 13.0. The molecule has 0 aliphatic carbocycles. The van der Waals surface area contributed by atoms with Crippen LogP contribution in [0.5, 0.6) is 5.75 Å². The number of aryl methyl sites for hydroxylation is 1. The van der Waals surface area contributed by atoms with Crippen LogP contribution in [-0.2, 0) is 22.5 Å². The maximum Gasteiger partial charge on any atom is 0.245 e. The van der Waals surface area contributed by atoms with Crippen molar-refractivity contribution in [1.82, 2.24) is 14.9 Å². The molecule has 0 saturated carbocycles. The lowest BCUT2D eigenvalue weighted by molar-refractivity contribution is -0.124. The van der Waals surface area contributed by atoms with Gasteiger partial charge in [-0.2, -0.15) is 0 Å². The number of rotatable bonds is 14. The molecule has 0 aliphatic heterocycles. The summed E-state index contributed by atoms with van der Waals surface area (Å²) >= 11 is 0. The van der Waals surface area contributed by atoms with E-state index in [0.29, 0.717) is 19.1 Å². The predicted molar refractivity (Wildman–Crippen MR) is 133 cm³/mol. The van der Waals surface area contributed by atoms with Crippen molar-refractivity contribution < 1.29 is 14.3 Å². The first kappa shape index (κ1) is 24.8. The van der Waals surface area contributed by atoms with E-state index < -0.39 is 0 Å². The van der Waals surface area contributed by atoms with Crippen LogP contribution < -0.4 is 10.1 Å². The number of amides is 1. The molecule has 0 saturated heterocycles. The number of unbranched alkanes of at least 4 members (excludes halogenated alkanes) is 2. The molecular formula is C27H37N3O3. The zero-order valence-corrected chi connectivity index (χ0v) is 20.2. The highest BCUT2D eigenvalue weighted by Crippen LogP contribution is 2.22. The topological polar surface area (TPSA) is 65.4 Å². The van der Waals surface area contributed by atoms with Gasteiger partial charge in [-0.15, -0.1) is 0 Å². The molecule has 3 rings (SSSR count). The molecule has 1 aromatic heterocycles. The number of hydrogen-bond acceptors (Lipinski definition) is 4. The van der Waals surface area contributed by atoms with E-state index in [0.717, 1.165) is 61.3 Å². The zero-order valence-electron chi connectivity index (χ0n) is 20.2. The van der Waals surface area contributed by atoms with Gasteiger partial charge in [0.2, 0.25) is 5.91 Å². The average Bonchev–Trinajstić information content (AvgIpc) is 3.19. The fourth-order valence-electron chi connectivity index (χ4n) is 3.94. The molecule has 1 unspecified atom stereocenters. The standard InChI is InChI=1S/C27H37N3O3/c1-4-21(2)22-13-15-23(16-14-22)33-19-18-30-25-11-8-7-10-24(25)29-26(30)12-6-5-9-17-28-27(31)20-32-3/h7-8,10-11,13-16,21H,4-6,9,12,17-20H2,1-3H3,(H,28,31). The van der Waals surface area contributed by atoms with Crippen LogP contribution in [0.1, 0.15) is 56.8 Å². The third-order valence-corrected chi connectivity index (χ3v) is 6.05. The molecule has 6 nitrogen and oxygen atoms in total. The van der Waals surface area contributed by atoms with Crippen LogP contribution in [0.3, 0.4) is 0 Å². The number of para-hydroxylation sites is 2. The molecule has 1 heterocycles. The lowest BCUT2D eigenvalue weighted by atomic mass is 9.99. The highest BCUT2D eigenvalue weighted by molar-refractivity contribution is 5.77. The Morgan fingerprint density at radius 3 is 2.64 bits per heavy atom. The Morgan fingerprint density at radius 1 is 1.09 bits per heavy atom. The van der Waals surface area contributed by atoms with E-state index in [2.05, 4.69) is 66.2 Å². The van der Waals surface area contributed by atoms with Gasteiger partial charge in [-0.05, 0) is 55.0 Å². The number of fused-ring (bicyclic) bond motifs is 1. The minimum Gasteiger partial charge on any atom is -0.492 e. The van der Waals surface area contributed by atoms with Crippen LogP contribution in [0.15, 0.2) is 48.5 Å². The van der Waals surface area contributed by atoms with Crippen LogP contribution in [0.2, 0.25) is 0 Å². The number of ether oxygens (including phenoxy) is 2. The third kappa shape index (κ3) is 7.32. The number of carbonyl (C=O) groups is 1. The van der Waals surface area contributed by atoms with Crippen molar-refractivity contribution in [3.63, 3.8) is 0 Å². The summed E-state index contributed by atoms with van der Waals surface area (Å²) in [5.41, 5.74) is 3.53. The Hall–Kier alpha value is -2.86. The van der Waals surface area contributed by atoms with Gasteiger partial charge in [-0.3, -0.25) is 4.79 Å². The summed E-state index contributed by atoms with van der Waals surface area (Å²) in [5, 5.41) is 2.87. The number of imidazole rings is 1. The van der Waals surface area contributed by atoms with Crippen LogP contribution in [0.25, 0.3) is 11.0 Å². The Labute approximate surface area is 197 Å². The smallest absolute Gasteiger partial charge is 0.245 e. The first-order valence-corrected chi connectivity index (χ1v) is 12.0. The van der Waals surface area contributed by atoms with Crippen LogP contribution in [0, 0.1) is 0 Å². The fourth-order valence-corrected chi connectivity index (χ4v) is 3.94. The zero-order chi connectivity index (χ0) is 23.5. The van der Waals surface area contributed by atoms with E-state index in [1.807, 2.05) is 6.07 Å². The van der Waals surface area contributed by atoms with Gasteiger partial charge < -0.3 is 19.4 Å². The molecule has 33 heavy (non-hydrogen) atoms. The fraction of sp³-hybridized carbons (Fsp3) is 0.481. The monoisotopic (exact) mass is 451 g/mol. The van der Waals surface area contributed by atoms with Crippen molar-refractivity contribution in [2.24, 2.45) is 0 Å². The van der Waals surface area contributed by atoms with E-state index >= 15 is 0 Å². The van der Waals surface area contributed by atoms with Crippen molar-refractivity contribution in [2.75, 3.05) is 26.9 Å². The maximum absolute atomic E-state index is 11.4. The van der Waals surface area contributed by atoms with E-state index in [-0.39, 0.29) is 12.5 Å². The van der Waals surface area contributed by atoms with Gasteiger partial charge in [0.1, 0.15) is 24.8 Å². The molecule has 0 radical (unpaired) electrons. The molecule has 178 valence electrons. The van der Waals surface area contributed by atoms with Crippen molar-refractivity contribution in [3.05, 3.63) is 59.9 Å². The largest absolute Gasteiger partial charge is 0.492 e. The number of methoxy groups -OCH3 is 1. The number of benzene rings is 2. The summed E-state index contributed by atoms with van der Waals surface area (Å²) in [6, 6.07) is 16.7. The molecule has 0 spiro atoms. The summed E-state index contributed by atoms with van der Waals surface area (Å²) in [6.45, 7) is 6.62. The van der Waals surface area contributed by atoms with Gasteiger partial charge >= 0.3 is 0 Å². The molecule has 1 amide bonds. The van der Waals surface area contributed by atoms with Gasteiger partial charge in [0.15, 0.2) is 0 Å². The number of aromatic nitrogens is 2. The molecule has 2 aromatic carbocycles. The van der Waals surface area contributed by atoms with Gasteiger partial charge in [-0.25, -0.2) is 4.98 Å². The van der Waals surface area contributed by atoms with Crippen molar-refractivity contribution in [1.29, 1.82) is 0 Å². The highest BCUT2D eigenvalue weighted by atomic mass is 16.5. The molecule has 1 atom stereocenters. The average molecular weight is 452 g/mol. The summed E-state index contributed by atoms with van der Waals surface area (Å²) in [4.78, 5) is 16.3. The molecule has 0 fully saturated rings. The second-order valence-electron chi connectivity index (χ2n) is 8.49. The third-order valence-electron chi connectivity index (χ3n) is 6.05. The Kier molecular flexibility index (Phi) is 9.76. The van der Waals surface area contributed by atoms with Crippen LogP contribution in [-0.4, -0.2) is 42.3 Å². The summed E-state index contributed by atoms with van der Waals surface area (Å²) < 4.78 is 13.2. The number of nitrogens with zero attached hydrogens (tertiary/aromatic N) is 2. The second-order valence-corrected chi connectivity index (χ2v) is 8.49. The number of nitrogens with one attached hydrogen (secondary N) is 1. The highest BCUT2D eigenvalue weighted by Gasteiger charge is 2.11. The number of carbonyl (C=O) groups excluding carboxylic acids is 1. The van der Waals surface area contributed by atoms with E-state index in [4.69, 9.17) is 14.5 Å². The number of hydrogen-bond donors (Lipinski definition) is 1. The first-order chi connectivity index (χ1) is 16.1. The van der Waals surface area contributed by atoms with Crippen LogP contribution in [0.4, 0.5) is 0 Å². The first-order valence-electron chi connectivity index (χ1n) is 12.0. The van der Waals surface area contributed by atoms with E-state index in [9.17, 15) is 4.79 Å². The van der Waals surface area contributed by atoms with Crippen molar-refractivity contribution in [2.45, 2.75) is 58.4 Å². The van der Waals surface area contributed by atoms with Gasteiger partial charge in [0, 0.05) is 20.1 Å². The van der Waals surface area contributed by atoms with Crippen LogP contribution >= 0.6 is 0 Å². The summed E-state index contributed by atoms with van der Waals surface area (Å²) in [6.07, 6.45) is 5.06. The Morgan fingerprint density at radius 2 is 1.88 bits per heavy atom. The quantitative estimate of drug-likeness (QED) is 0.346. The molecule has 3 aromatic rings. The lowest BCUT2D eigenvalue weighted by Crippen LogP contribution is -2.27. The molecular weight excluding hydrogens is 414 g/mol. The maximum atomic E-state index is 11.4. The van der Waals surface area contributed by atoms with Gasteiger partial charge in [0.25, 0.3) is 0 Å². The summed E-state index contributed by atoms with van der Waals surface area (Å²) in [5.74, 6) is 2.51. The SMILES string of the molecule is CCC(C)c1ccc(OCCn2c(CCCCCNC(=O)COC)nc3ccccc32)cc1. The minimum absolute atomic E-state index is 0.0613. The van der Waals surface area contributed by atoms with Crippen molar-refractivity contribution >= 4 is 16.9 Å². The minimum atomic E-state index is -0.0613. The van der Waals surface area contributed by atoms with E-state index in [1.165, 1.54) is 12.7 Å².